The van der Waals surface area contributed by atoms with E-state index >= 15 is 0 Å². The second-order valence-electron chi connectivity index (χ2n) is 16.1. The third-order valence-corrected chi connectivity index (χ3v) is 13.3. The van der Waals surface area contributed by atoms with Crippen molar-refractivity contribution >= 4 is 6.08 Å². The summed E-state index contributed by atoms with van der Waals surface area (Å²) in [6.07, 6.45) is 30.9. The van der Waals surface area contributed by atoms with Gasteiger partial charge in [0.25, 0.3) is 0 Å². The molecule has 4 heterocycles. The summed E-state index contributed by atoms with van der Waals surface area (Å²) in [6.45, 7) is 3.41. The van der Waals surface area contributed by atoms with E-state index in [2.05, 4.69) is 30.3 Å². The van der Waals surface area contributed by atoms with Crippen molar-refractivity contribution in [2.45, 2.75) is 146 Å². The van der Waals surface area contributed by atoms with Crippen LogP contribution in [0.3, 0.4) is 0 Å². The number of hydrogen-bond donors (Lipinski definition) is 3. The molecule has 4 aliphatic heterocycles. The fourth-order valence-electron chi connectivity index (χ4n) is 11.0. The summed E-state index contributed by atoms with van der Waals surface area (Å²) in [5, 5.41) is 19.9. The second-order valence-corrected chi connectivity index (χ2v) is 17.0. The summed E-state index contributed by atoms with van der Waals surface area (Å²) >= 11 is 0. The Hall–Kier alpha value is -0.736. The fourth-order valence-corrected chi connectivity index (χ4v) is 11.0. The average molecular weight is 758 g/mol. The first-order valence-electron chi connectivity index (χ1n) is 19.9. The standard InChI is InChI=1S/C20H34N2.C20H26N2.ClH3O4.Ni/c2*1-3-7-17-15(5-1)11-13-21-19(17)9-10-20-18-8-4-2-6-16(18)12-14-22-20;2-1(3,4)5;/h15-20H,1-14H2;1,3,5,7,11,13,16,18-20H,2,4,6,8-10,12,14H2;2-4H;/q2*-2;;+2. The van der Waals surface area contributed by atoms with Gasteiger partial charge >= 0.3 is 45.4 Å². The van der Waals surface area contributed by atoms with Gasteiger partial charge in [0.15, 0.2) is 0 Å². The van der Waals surface area contributed by atoms with Gasteiger partial charge in [0.1, 0.15) is 0 Å². The molecule has 6 fully saturated rings. The molecule has 8 rings (SSSR count). The molecule has 3 saturated carbocycles. The Morgan fingerprint density at radius 2 is 0.980 bits per heavy atom. The fraction of sp³-hybridized carbons (Fsp3) is 0.800. The van der Waals surface area contributed by atoms with Gasteiger partial charge in [-0.25, -0.2) is 0 Å². The molecule has 0 spiro atoms. The minimum atomic E-state index is -4.19. The van der Waals surface area contributed by atoms with Gasteiger partial charge in [-0.05, 0) is 23.3 Å². The number of piperidine rings is 3. The number of hydrogen-bond acceptors (Lipinski definition) is 4. The number of benzene rings is 1. The van der Waals surface area contributed by atoms with Gasteiger partial charge in [0.05, 0.1) is 0 Å². The average Bonchev–Trinajstić information content (AvgIpc) is 3.12. The number of fused-ring (bicyclic) bond motifs is 4. The molecule has 3 N–H and O–H groups in total. The van der Waals surface area contributed by atoms with E-state index in [4.69, 9.17) is 39.9 Å². The quantitative estimate of drug-likeness (QED) is 0.250. The van der Waals surface area contributed by atoms with Gasteiger partial charge in [-0.2, -0.15) is 6.20 Å². The van der Waals surface area contributed by atoms with Crippen molar-refractivity contribution in [3.05, 3.63) is 62.9 Å². The van der Waals surface area contributed by atoms with Crippen LogP contribution in [0.25, 0.3) is 27.3 Å². The van der Waals surface area contributed by atoms with Crippen LogP contribution >= 0.6 is 0 Å². The topological polar surface area (TPSA) is 140 Å². The summed E-state index contributed by atoms with van der Waals surface area (Å²) in [6, 6.07) is 11.0. The molecule has 10 unspecified atom stereocenters. The Balaban J connectivity index is 0.000000169. The Bertz CT molecular complexity index is 1130. The molecule has 1 aromatic carbocycles. The Kier molecular flexibility index (Phi) is 16.2. The molecule has 286 valence electrons. The van der Waals surface area contributed by atoms with Crippen molar-refractivity contribution in [2.24, 2.45) is 35.5 Å². The summed E-state index contributed by atoms with van der Waals surface area (Å²) < 4.78 is 30.2. The van der Waals surface area contributed by atoms with E-state index in [-0.39, 0.29) is 16.5 Å². The molecule has 7 aliphatic rings. The SMILES string of the molecule is C1=Cc2ccccc2C(CCC2[N-]CCC3CCCCC32)[N-]1.C1CCC2C(C1)CC[N-]C2CCC1[N-]CCC2CCCCC21.[Ni+2].[O-][Cl+](O)(O)O. The van der Waals surface area contributed by atoms with E-state index in [0.29, 0.717) is 24.2 Å². The number of halogens is 1. The molecule has 10 atom stereocenters. The van der Waals surface area contributed by atoms with Gasteiger partial charge in [-0.3, -0.25) is 0 Å². The van der Waals surface area contributed by atoms with Crippen LogP contribution < -0.4 is 4.66 Å². The van der Waals surface area contributed by atoms with Crippen molar-refractivity contribution in [3.8, 4) is 0 Å². The van der Waals surface area contributed by atoms with Crippen LogP contribution in [0.5, 0.6) is 0 Å². The molecular weight excluding hydrogens is 695 g/mol. The zero-order valence-corrected chi connectivity index (χ0v) is 31.8. The van der Waals surface area contributed by atoms with E-state index < -0.39 is 10.2 Å². The van der Waals surface area contributed by atoms with Gasteiger partial charge in [0, 0.05) is 0 Å². The van der Waals surface area contributed by atoms with Crippen molar-refractivity contribution in [2.75, 3.05) is 19.6 Å². The van der Waals surface area contributed by atoms with E-state index in [1.807, 2.05) is 6.20 Å². The van der Waals surface area contributed by atoms with Crippen LogP contribution in [0.4, 0.5) is 0 Å². The normalized spacial score (nSPS) is 36.5. The maximum absolute atomic E-state index is 8.83. The molecular formula is C40H63ClN4NiO4-2. The van der Waals surface area contributed by atoms with E-state index in [1.165, 1.54) is 127 Å². The second kappa shape index (κ2) is 20.1. The van der Waals surface area contributed by atoms with Crippen LogP contribution in [0.15, 0.2) is 30.5 Å². The predicted octanol–water partition coefficient (Wildman–Crippen LogP) is 8.63. The van der Waals surface area contributed by atoms with E-state index in [9.17, 15) is 0 Å². The first kappa shape index (κ1) is 40.4. The molecule has 0 amide bonds. The monoisotopic (exact) mass is 756 g/mol. The van der Waals surface area contributed by atoms with Crippen molar-refractivity contribution < 1.29 is 45.4 Å². The summed E-state index contributed by atoms with van der Waals surface area (Å²) in [5.74, 6) is 5.74. The zero-order chi connectivity index (χ0) is 34.1. The molecule has 0 aromatic heterocycles. The predicted molar refractivity (Wildman–Crippen MR) is 193 cm³/mol. The first-order chi connectivity index (χ1) is 23.8. The molecule has 50 heavy (non-hydrogen) atoms. The van der Waals surface area contributed by atoms with Crippen LogP contribution in [-0.2, 0) is 16.5 Å². The van der Waals surface area contributed by atoms with Crippen molar-refractivity contribution in [1.29, 1.82) is 0 Å². The van der Waals surface area contributed by atoms with Crippen LogP contribution in [0.1, 0.15) is 139 Å². The number of rotatable bonds is 6. The Morgan fingerprint density at radius 3 is 1.44 bits per heavy atom. The molecule has 3 saturated heterocycles. The Morgan fingerprint density at radius 1 is 0.580 bits per heavy atom. The zero-order valence-electron chi connectivity index (χ0n) is 30.0. The minimum absolute atomic E-state index is 0. The van der Waals surface area contributed by atoms with Crippen LogP contribution in [0, 0.1) is 45.8 Å². The third-order valence-electron chi connectivity index (χ3n) is 13.3. The molecule has 8 nitrogen and oxygen atoms in total. The number of nitrogens with zero attached hydrogens (tertiary/aromatic N) is 4. The van der Waals surface area contributed by atoms with E-state index in [1.54, 1.807) is 0 Å². The van der Waals surface area contributed by atoms with Gasteiger partial charge in [0.2, 0.25) is 0 Å². The van der Waals surface area contributed by atoms with Crippen molar-refractivity contribution in [1.82, 2.24) is 0 Å². The van der Waals surface area contributed by atoms with Gasteiger partial charge in [-0.1, -0.05) is 182 Å². The van der Waals surface area contributed by atoms with Crippen LogP contribution in [0.2, 0.25) is 0 Å². The summed E-state index contributed by atoms with van der Waals surface area (Å²) in [7, 11) is -4.19. The maximum atomic E-state index is 8.83. The molecule has 3 aliphatic carbocycles. The Labute approximate surface area is 314 Å². The van der Waals surface area contributed by atoms with Crippen LogP contribution in [-0.4, -0.2) is 51.7 Å². The van der Waals surface area contributed by atoms with Gasteiger partial charge < -0.3 is 21.3 Å². The summed E-state index contributed by atoms with van der Waals surface area (Å²) in [5.41, 5.74) is 2.75. The third kappa shape index (κ3) is 11.6. The summed E-state index contributed by atoms with van der Waals surface area (Å²) in [4.78, 5) is 0. The molecule has 10 heteroatoms. The van der Waals surface area contributed by atoms with Crippen molar-refractivity contribution in [3.63, 3.8) is 0 Å². The van der Waals surface area contributed by atoms with E-state index in [0.717, 1.165) is 61.6 Å². The first-order valence-corrected chi connectivity index (χ1v) is 21.3. The molecule has 0 bridgehead atoms. The van der Waals surface area contributed by atoms with Gasteiger partial charge in [-0.15, -0.1) is 37.8 Å². The molecule has 1 aromatic rings. The molecule has 0 radical (unpaired) electrons.